The highest BCUT2D eigenvalue weighted by Gasteiger charge is 2.12. The van der Waals surface area contributed by atoms with Crippen molar-refractivity contribution in [1.82, 2.24) is 5.32 Å². The molecule has 0 aliphatic carbocycles. The Labute approximate surface area is 126 Å². The minimum atomic E-state index is 0.514. The largest absolute Gasteiger partial charge is 0.444 e. The lowest BCUT2D eigenvalue weighted by molar-refractivity contribution is 0.419. The second-order valence-electron chi connectivity index (χ2n) is 5.40. The van der Waals surface area contributed by atoms with E-state index in [0.717, 1.165) is 35.5 Å². The van der Waals surface area contributed by atoms with Crippen LogP contribution < -0.4 is 5.32 Å². The molecule has 0 saturated carbocycles. The van der Waals surface area contributed by atoms with Crippen molar-refractivity contribution in [3.8, 4) is 0 Å². The average Bonchev–Trinajstić information content (AvgIpc) is 2.78. The predicted octanol–water partition coefficient (Wildman–Crippen LogP) is 5.39. The molecule has 0 saturated heterocycles. The highest BCUT2D eigenvalue weighted by atomic mass is 35.5. The molecule has 0 bridgehead atoms. The molecule has 2 nitrogen and oxygen atoms in total. The predicted molar refractivity (Wildman–Crippen MR) is 86.2 cm³/mol. The number of para-hydroxylation sites is 1. The monoisotopic (exact) mass is 293 g/mol. The molecule has 110 valence electrons. The van der Waals surface area contributed by atoms with Crippen molar-refractivity contribution in [3.05, 3.63) is 35.0 Å². The van der Waals surface area contributed by atoms with E-state index >= 15 is 0 Å². The van der Waals surface area contributed by atoms with E-state index in [2.05, 4.69) is 25.2 Å². The van der Waals surface area contributed by atoms with Gasteiger partial charge in [0.25, 0.3) is 0 Å². The fraction of sp³-hybridized carbons (Fsp3) is 0.529. The summed E-state index contributed by atoms with van der Waals surface area (Å²) >= 11 is 6.19. The van der Waals surface area contributed by atoms with Gasteiger partial charge in [-0.1, -0.05) is 51.3 Å². The number of nitrogens with one attached hydrogen (secondary N) is 1. The fourth-order valence-corrected chi connectivity index (χ4v) is 2.83. The first-order valence-electron chi connectivity index (χ1n) is 7.62. The molecule has 0 fully saturated rings. The number of hydrogen-bond donors (Lipinski definition) is 1. The Morgan fingerprint density at radius 1 is 1.25 bits per heavy atom. The number of fused-ring (bicyclic) bond motifs is 1. The second-order valence-corrected chi connectivity index (χ2v) is 5.74. The van der Waals surface area contributed by atoms with Crippen molar-refractivity contribution in [3.63, 3.8) is 0 Å². The summed E-state index contributed by atoms with van der Waals surface area (Å²) < 4.78 is 5.57. The van der Waals surface area contributed by atoms with Gasteiger partial charge in [0.05, 0.1) is 0 Å². The van der Waals surface area contributed by atoms with Crippen LogP contribution in [0.5, 0.6) is 0 Å². The molecule has 0 amide bonds. The molecule has 1 atom stereocenters. The summed E-state index contributed by atoms with van der Waals surface area (Å²) in [6.45, 7) is 6.34. The number of benzene rings is 1. The van der Waals surface area contributed by atoms with Gasteiger partial charge in [-0.05, 0) is 36.6 Å². The minimum absolute atomic E-state index is 0.514. The van der Waals surface area contributed by atoms with Gasteiger partial charge < -0.3 is 9.73 Å². The molecule has 3 heteroatoms. The lowest BCUT2D eigenvalue weighted by atomic mass is 9.99. The van der Waals surface area contributed by atoms with E-state index in [1.807, 2.05) is 18.2 Å². The van der Waals surface area contributed by atoms with Crippen LogP contribution in [-0.4, -0.2) is 6.54 Å². The van der Waals surface area contributed by atoms with Crippen LogP contribution in [0.1, 0.15) is 45.1 Å². The van der Waals surface area contributed by atoms with Gasteiger partial charge >= 0.3 is 0 Å². The van der Waals surface area contributed by atoms with E-state index in [4.69, 9.17) is 16.0 Å². The minimum Gasteiger partial charge on any atom is -0.444 e. The Hall–Kier alpha value is -0.990. The number of hydrogen-bond acceptors (Lipinski definition) is 2. The van der Waals surface area contributed by atoms with E-state index in [1.54, 1.807) is 0 Å². The molecule has 0 aliphatic rings. The van der Waals surface area contributed by atoms with Gasteiger partial charge in [0, 0.05) is 17.5 Å². The summed E-state index contributed by atoms with van der Waals surface area (Å²) in [6, 6.07) is 8.02. The highest BCUT2D eigenvalue weighted by molar-refractivity contribution is 6.30. The number of rotatable bonds is 8. The molecular formula is C17H24ClNO. The fourth-order valence-electron chi connectivity index (χ4n) is 2.58. The maximum atomic E-state index is 6.19. The summed E-state index contributed by atoms with van der Waals surface area (Å²) in [6.07, 6.45) is 5.12. The topological polar surface area (TPSA) is 25.2 Å². The first-order chi connectivity index (χ1) is 9.76. The number of unbranched alkanes of at least 4 members (excludes halogenated alkanes) is 1. The van der Waals surface area contributed by atoms with Crippen LogP contribution in [0.25, 0.3) is 11.0 Å². The molecule has 1 aromatic heterocycles. The zero-order valence-electron chi connectivity index (χ0n) is 12.4. The summed E-state index contributed by atoms with van der Waals surface area (Å²) in [7, 11) is 0. The first kappa shape index (κ1) is 15.4. The molecule has 2 aromatic rings. The van der Waals surface area contributed by atoms with Gasteiger partial charge in [-0.15, -0.1) is 0 Å². The Morgan fingerprint density at radius 3 is 2.80 bits per heavy atom. The second kappa shape index (κ2) is 7.70. The quantitative estimate of drug-likeness (QED) is 0.705. The van der Waals surface area contributed by atoms with Gasteiger partial charge in [-0.2, -0.15) is 0 Å². The summed E-state index contributed by atoms with van der Waals surface area (Å²) in [4.78, 5) is 0. The van der Waals surface area contributed by atoms with E-state index in [9.17, 15) is 0 Å². The molecular weight excluding hydrogens is 270 g/mol. The lowest BCUT2D eigenvalue weighted by Gasteiger charge is -2.15. The summed E-state index contributed by atoms with van der Waals surface area (Å²) in [5, 5.41) is 5.17. The van der Waals surface area contributed by atoms with Crippen molar-refractivity contribution in [2.24, 2.45) is 5.92 Å². The van der Waals surface area contributed by atoms with Gasteiger partial charge in [0.15, 0.2) is 5.22 Å². The first-order valence-corrected chi connectivity index (χ1v) is 8.00. The normalized spacial score (nSPS) is 12.9. The molecule has 0 spiro atoms. The van der Waals surface area contributed by atoms with Crippen LogP contribution in [0, 0.1) is 5.92 Å². The van der Waals surface area contributed by atoms with Crippen LogP contribution in [0.15, 0.2) is 28.7 Å². The Kier molecular flexibility index (Phi) is 5.93. The van der Waals surface area contributed by atoms with Crippen molar-refractivity contribution < 1.29 is 4.42 Å². The highest BCUT2D eigenvalue weighted by Crippen LogP contribution is 2.29. The Morgan fingerprint density at radius 2 is 2.05 bits per heavy atom. The van der Waals surface area contributed by atoms with Gasteiger partial charge in [-0.3, -0.25) is 0 Å². The zero-order valence-corrected chi connectivity index (χ0v) is 13.2. The molecule has 1 unspecified atom stereocenters. The maximum absolute atomic E-state index is 6.19. The van der Waals surface area contributed by atoms with Gasteiger partial charge in [0.1, 0.15) is 5.58 Å². The molecule has 2 rings (SSSR count). The van der Waals surface area contributed by atoms with Crippen LogP contribution in [0.4, 0.5) is 0 Å². The summed E-state index contributed by atoms with van der Waals surface area (Å²) in [5.41, 5.74) is 1.94. The van der Waals surface area contributed by atoms with Crippen LogP contribution in [-0.2, 0) is 6.54 Å². The molecule has 0 radical (unpaired) electrons. The van der Waals surface area contributed by atoms with Crippen molar-refractivity contribution >= 4 is 22.6 Å². The van der Waals surface area contributed by atoms with Crippen molar-refractivity contribution in [2.45, 2.75) is 46.1 Å². The van der Waals surface area contributed by atoms with E-state index in [-0.39, 0.29) is 0 Å². The third kappa shape index (κ3) is 3.77. The van der Waals surface area contributed by atoms with E-state index < -0.39 is 0 Å². The van der Waals surface area contributed by atoms with E-state index in [0.29, 0.717) is 5.22 Å². The van der Waals surface area contributed by atoms with Crippen LogP contribution in [0.3, 0.4) is 0 Å². The number of halogens is 1. The third-order valence-corrected chi connectivity index (χ3v) is 4.23. The van der Waals surface area contributed by atoms with Gasteiger partial charge in [-0.25, -0.2) is 0 Å². The van der Waals surface area contributed by atoms with E-state index in [1.165, 1.54) is 25.7 Å². The van der Waals surface area contributed by atoms with Crippen molar-refractivity contribution in [1.29, 1.82) is 0 Å². The smallest absolute Gasteiger partial charge is 0.199 e. The zero-order chi connectivity index (χ0) is 14.4. The van der Waals surface area contributed by atoms with Crippen LogP contribution in [0.2, 0.25) is 5.22 Å². The molecule has 20 heavy (non-hydrogen) atoms. The van der Waals surface area contributed by atoms with Crippen LogP contribution >= 0.6 is 11.6 Å². The summed E-state index contributed by atoms with van der Waals surface area (Å²) in [5.74, 6) is 0.756. The standard InChI is InChI=1S/C17H24ClNO/c1-3-5-8-13(4-2)11-19-12-15-14-9-6-7-10-16(14)20-17(15)18/h6-7,9-10,13,19H,3-5,8,11-12H2,1-2H3. The average molecular weight is 294 g/mol. The molecule has 0 aliphatic heterocycles. The molecule has 1 heterocycles. The Bertz CT molecular complexity index is 535. The Balaban J connectivity index is 1.94. The maximum Gasteiger partial charge on any atom is 0.199 e. The van der Waals surface area contributed by atoms with Crippen molar-refractivity contribution in [2.75, 3.05) is 6.54 Å². The van der Waals surface area contributed by atoms with Gasteiger partial charge in [0.2, 0.25) is 0 Å². The molecule has 1 N–H and O–H groups in total. The SMILES string of the molecule is CCCCC(CC)CNCc1c(Cl)oc2ccccc12. The third-order valence-electron chi connectivity index (χ3n) is 3.93. The lowest BCUT2D eigenvalue weighted by Crippen LogP contribution is -2.22. The number of furan rings is 1. The molecule has 1 aromatic carbocycles.